The largest absolute Gasteiger partial charge is 0.421 e. The number of piperidine rings is 1. The summed E-state index contributed by atoms with van der Waals surface area (Å²) in [5.74, 6) is 0.145. The molecule has 4 nitrogen and oxygen atoms in total. The highest BCUT2D eigenvalue weighted by molar-refractivity contribution is 6.30. The zero-order valence-electron chi connectivity index (χ0n) is 13.1. The van der Waals surface area contributed by atoms with Gasteiger partial charge in [0.1, 0.15) is 5.56 Å². The minimum Gasteiger partial charge on any atom is -0.370 e. The molecule has 1 fully saturated rings. The van der Waals surface area contributed by atoms with Crippen molar-refractivity contribution >= 4 is 17.3 Å². The lowest BCUT2D eigenvalue weighted by molar-refractivity contribution is -0.137. The van der Waals surface area contributed by atoms with Crippen molar-refractivity contribution in [2.45, 2.75) is 24.9 Å². The molecule has 2 aromatic rings. The van der Waals surface area contributed by atoms with Gasteiger partial charge in [0, 0.05) is 13.1 Å². The number of benzene rings is 1. The van der Waals surface area contributed by atoms with E-state index in [-0.39, 0.29) is 11.6 Å². The first kappa shape index (κ1) is 17.5. The minimum absolute atomic E-state index is 0.0421. The summed E-state index contributed by atoms with van der Waals surface area (Å²) in [6.07, 6.45) is -2.18. The summed E-state index contributed by atoms with van der Waals surface area (Å²) in [4.78, 5) is 1.63. The van der Waals surface area contributed by atoms with Crippen LogP contribution in [0.3, 0.4) is 0 Å². The first-order valence-electron chi connectivity index (χ1n) is 7.74. The number of nitriles is 1. The van der Waals surface area contributed by atoms with Crippen LogP contribution in [-0.2, 0) is 6.18 Å². The zero-order valence-corrected chi connectivity index (χ0v) is 13.8. The second kappa shape index (κ2) is 6.89. The second-order valence-corrected chi connectivity index (χ2v) is 6.21. The summed E-state index contributed by atoms with van der Waals surface area (Å²) in [7, 11) is 0. The van der Waals surface area contributed by atoms with Gasteiger partial charge in [0.15, 0.2) is 5.15 Å². The fraction of sp³-hybridized carbons (Fsp3) is 0.353. The van der Waals surface area contributed by atoms with Crippen LogP contribution >= 0.6 is 11.6 Å². The Morgan fingerprint density at radius 3 is 2.52 bits per heavy atom. The van der Waals surface area contributed by atoms with Gasteiger partial charge in [-0.1, -0.05) is 29.8 Å². The Morgan fingerprint density at radius 2 is 1.88 bits per heavy atom. The molecule has 0 aliphatic carbocycles. The molecule has 1 saturated heterocycles. The Morgan fingerprint density at radius 1 is 1.20 bits per heavy atom. The molecule has 0 unspecified atom stereocenters. The van der Waals surface area contributed by atoms with Gasteiger partial charge in [0.2, 0.25) is 0 Å². The third kappa shape index (κ3) is 3.54. The molecule has 130 valence electrons. The van der Waals surface area contributed by atoms with E-state index < -0.39 is 16.9 Å². The first-order valence-corrected chi connectivity index (χ1v) is 8.12. The van der Waals surface area contributed by atoms with Gasteiger partial charge in [-0.3, -0.25) is 0 Å². The Labute approximate surface area is 147 Å². The molecule has 0 radical (unpaired) electrons. The quantitative estimate of drug-likeness (QED) is 0.790. The van der Waals surface area contributed by atoms with E-state index >= 15 is 0 Å². The summed E-state index contributed by atoms with van der Waals surface area (Å²) < 4.78 is 39.9. The van der Waals surface area contributed by atoms with E-state index in [1.54, 1.807) is 17.0 Å². The number of alkyl halides is 3. The predicted octanol–water partition coefficient (Wildman–Crippen LogP) is 4.40. The van der Waals surface area contributed by atoms with Gasteiger partial charge in [0.25, 0.3) is 0 Å². The zero-order chi connectivity index (χ0) is 18.0. The Kier molecular flexibility index (Phi) is 4.82. The molecule has 1 aromatic heterocycles. The summed E-state index contributed by atoms with van der Waals surface area (Å²) in [5, 5.41) is 15.5. The second-order valence-electron chi connectivity index (χ2n) is 5.85. The highest BCUT2D eigenvalue weighted by Crippen LogP contribution is 2.41. The van der Waals surface area contributed by atoms with Crippen LogP contribution in [0.4, 0.5) is 18.9 Å². The molecule has 1 aliphatic heterocycles. The van der Waals surface area contributed by atoms with Gasteiger partial charge < -0.3 is 4.90 Å². The molecule has 0 amide bonds. The Balaban J connectivity index is 1.82. The fourth-order valence-corrected chi connectivity index (χ4v) is 3.49. The first-order chi connectivity index (χ1) is 11.9. The maximum absolute atomic E-state index is 13.3. The minimum atomic E-state index is -4.59. The summed E-state index contributed by atoms with van der Waals surface area (Å²) in [6, 6.07) is 9.52. The number of aromatic nitrogens is 2. The van der Waals surface area contributed by atoms with E-state index in [0.717, 1.165) is 11.8 Å². The average molecular weight is 367 g/mol. The van der Waals surface area contributed by atoms with Crippen molar-refractivity contribution < 1.29 is 13.2 Å². The standard InChI is InChI=1S/C17H14ClF3N4/c18-16-15(17(19,20)21)14(10-23-24-16)25-7-5-11(6-8-25)13-4-2-1-3-12(13)9-22/h1-4,10-11H,5-8H2. The van der Waals surface area contributed by atoms with Crippen molar-refractivity contribution in [3.63, 3.8) is 0 Å². The van der Waals surface area contributed by atoms with Crippen molar-refractivity contribution in [3.05, 3.63) is 52.3 Å². The summed E-state index contributed by atoms with van der Waals surface area (Å²) >= 11 is 5.64. The average Bonchev–Trinajstić information content (AvgIpc) is 2.60. The normalized spacial score (nSPS) is 15.9. The maximum Gasteiger partial charge on any atom is 0.421 e. The summed E-state index contributed by atoms with van der Waals surface area (Å²) in [6.45, 7) is 0.852. The van der Waals surface area contributed by atoms with Crippen LogP contribution in [0.25, 0.3) is 0 Å². The molecule has 0 atom stereocenters. The number of nitrogens with zero attached hydrogens (tertiary/aromatic N) is 4. The van der Waals surface area contributed by atoms with Gasteiger partial charge in [-0.2, -0.15) is 23.5 Å². The van der Waals surface area contributed by atoms with Crippen LogP contribution < -0.4 is 4.90 Å². The molecule has 1 aliphatic rings. The van der Waals surface area contributed by atoms with Gasteiger partial charge in [0.05, 0.1) is 23.5 Å². The Bertz CT molecular complexity index is 808. The molecule has 0 bridgehead atoms. The molecular weight excluding hydrogens is 353 g/mol. The van der Waals surface area contributed by atoms with E-state index in [1.165, 1.54) is 0 Å². The van der Waals surface area contributed by atoms with Crippen molar-refractivity contribution in [3.8, 4) is 6.07 Å². The van der Waals surface area contributed by atoms with Crippen LogP contribution in [0.15, 0.2) is 30.5 Å². The van der Waals surface area contributed by atoms with E-state index in [9.17, 15) is 18.4 Å². The highest BCUT2D eigenvalue weighted by atomic mass is 35.5. The Hall–Kier alpha value is -2.33. The third-order valence-electron chi connectivity index (χ3n) is 4.43. The number of hydrogen-bond donors (Lipinski definition) is 0. The molecule has 1 aromatic carbocycles. The lowest BCUT2D eigenvalue weighted by atomic mass is 9.86. The topological polar surface area (TPSA) is 52.8 Å². The number of anilines is 1. The lowest BCUT2D eigenvalue weighted by Crippen LogP contribution is -2.34. The van der Waals surface area contributed by atoms with E-state index in [1.807, 2.05) is 12.1 Å². The smallest absolute Gasteiger partial charge is 0.370 e. The number of halogens is 4. The van der Waals surface area contributed by atoms with E-state index in [2.05, 4.69) is 16.3 Å². The van der Waals surface area contributed by atoms with Crippen molar-refractivity contribution in [1.82, 2.24) is 10.2 Å². The molecular formula is C17H14ClF3N4. The molecule has 0 N–H and O–H groups in total. The van der Waals surface area contributed by atoms with Crippen molar-refractivity contribution in [2.24, 2.45) is 0 Å². The van der Waals surface area contributed by atoms with Crippen molar-refractivity contribution in [1.29, 1.82) is 5.26 Å². The molecule has 3 rings (SSSR count). The molecule has 0 spiro atoms. The van der Waals surface area contributed by atoms with Crippen molar-refractivity contribution in [2.75, 3.05) is 18.0 Å². The monoisotopic (exact) mass is 366 g/mol. The van der Waals surface area contributed by atoms with E-state index in [0.29, 0.717) is 31.5 Å². The van der Waals surface area contributed by atoms with Crippen LogP contribution in [0.1, 0.15) is 35.4 Å². The molecule has 0 saturated carbocycles. The molecule has 8 heteroatoms. The van der Waals surface area contributed by atoms with Gasteiger partial charge in [-0.15, -0.1) is 5.10 Å². The van der Waals surface area contributed by atoms with Gasteiger partial charge >= 0.3 is 6.18 Å². The summed E-state index contributed by atoms with van der Waals surface area (Å²) in [5.41, 5.74) is 0.580. The van der Waals surface area contributed by atoms with Gasteiger partial charge in [-0.25, -0.2) is 0 Å². The number of rotatable bonds is 2. The van der Waals surface area contributed by atoms with E-state index in [4.69, 9.17) is 11.6 Å². The van der Waals surface area contributed by atoms with Gasteiger partial charge in [-0.05, 0) is 30.4 Å². The van der Waals surface area contributed by atoms with Crippen LogP contribution in [0.5, 0.6) is 0 Å². The fourth-order valence-electron chi connectivity index (χ4n) is 3.24. The van der Waals surface area contributed by atoms with Crippen LogP contribution in [0, 0.1) is 11.3 Å². The SMILES string of the molecule is N#Cc1ccccc1C1CCN(c2cnnc(Cl)c2C(F)(F)F)CC1. The van der Waals surface area contributed by atoms with Crippen LogP contribution in [-0.4, -0.2) is 23.3 Å². The lowest BCUT2D eigenvalue weighted by Gasteiger charge is -2.35. The predicted molar refractivity (Wildman–Crippen MR) is 87.4 cm³/mol. The maximum atomic E-state index is 13.3. The highest BCUT2D eigenvalue weighted by Gasteiger charge is 2.39. The molecule has 25 heavy (non-hydrogen) atoms. The molecule has 2 heterocycles. The van der Waals surface area contributed by atoms with Crippen LogP contribution in [0.2, 0.25) is 5.15 Å². The number of hydrogen-bond acceptors (Lipinski definition) is 4. The third-order valence-corrected chi connectivity index (χ3v) is 4.69.